The molecule has 0 aliphatic rings. The summed E-state index contributed by atoms with van der Waals surface area (Å²) >= 11 is 0. The van der Waals surface area contributed by atoms with E-state index in [2.05, 4.69) is 10.0 Å². The molecule has 0 spiro atoms. The summed E-state index contributed by atoms with van der Waals surface area (Å²) in [5.41, 5.74) is 1.23. The van der Waals surface area contributed by atoms with Crippen LogP contribution in [-0.2, 0) is 16.4 Å². The highest BCUT2D eigenvalue weighted by molar-refractivity contribution is 7.89. The highest BCUT2D eigenvalue weighted by Gasteiger charge is 2.19. The number of methoxy groups -OCH3 is 2. The lowest BCUT2D eigenvalue weighted by atomic mass is 10.1. The lowest BCUT2D eigenvalue weighted by molar-refractivity contribution is 0.0697. The molecule has 0 atom stereocenters. The summed E-state index contributed by atoms with van der Waals surface area (Å²) in [4.78, 5) is 11.6. The van der Waals surface area contributed by atoms with Crippen molar-refractivity contribution in [3.05, 3.63) is 47.5 Å². The molecular weight excluding hydrogens is 408 g/mol. The van der Waals surface area contributed by atoms with E-state index in [4.69, 9.17) is 9.47 Å². The van der Waals surface area contributed by atoms with Gasteiger partial charge < -0.3 is 19.9 Å². The van der Waals surface area contributed by atoms with Gasteiger partial charge >= 0.3 is 5.97 Å². The monoisotopic (exact) mass is 436 g/mol. The van der Waals surface area contributed by atoms with Crippen molar-refractivity contribution in [3.63, 3.8) is 0 Å². The van der Waals surface area contributed by atoms with E-state index in [1.165, 1.54) is 18.2 Å². The lowest BCUT2D eigenvalue weighted by Crippen LogP contribution is -2.27. The molecule has 0 aliphatic carbocycles. The first-order valence-corrected chi connectivity index (χ1v) is 11.0. The minimum Gasteiger partial charge on any atom is -0.493 e. The second kappa shape index (κ2) is 10.3. The van der Waals surface area contributed by atoms with Crippen molar-refractivity contribution in [2.24, 2.45) is 5.92 Å². The van der Waals surface area contributed by atoms with Gasteiger partial charge in [-0.05, 0) is 48.2 Å². The second-order valence-electron chi connectivity index (χ2n) is 7.12. The van der Waals surface area contributed by atoms with E-state index >= 15 is 0 Å². The van der Waals surface area contributed by atoms with Crippen molar-refractivity contribution >= 4 is 21.7 Å². The fourth-order valence-electron chi connectivity index (χ4n) is 2.76. The number of carboxylic acid groups (broad SMARTS) is 1. The van der Waals surface area contributed by atoms with Crippen molar-refractivity contribution < 1.29 is 27.8 Å². The quantitative estimate of drug-likeness (QED) is 0.496. The van der Waals surface area contributed by atoms with E-state index < -0.39 is 16.0 Å². The number of sulfonamides is 1. The van der Waals surface area contributed by atoms with E-state index in [1.807, 2.05) is 26.0 Å². The van der Waals surface area contributed by atoms with Crippen LogP contribution in [0, 0.1) is 5.92 Å². The number of hydrogen-bond donors (Lipinski definition) is 3. The molecule has 0 aromatic heterocycles. The summed E-state index contributed by atoms with van der Waals surface area (Å²) in [6, 6.07) is 9.60. The molecule has 0 amide bonds. The number of carboxylic acids is 1. The minimum atomic E-state index is -3.77. The van der Waals surface area contributed by atoms with Gasteiger partial charge in [0.1, 0.15) is 0 Å². The Labute approximate surface area is 177 Å². The topological polar surface area (TPSA) is 114 Å². The normalized spacial score (nSPS) is 11.4. The van der Waals surface area contributed by atoms with Crippen LogP contribution in [-0.4, -0.2) is 46.8 Å². The van der Waals surface area contributed by atoms with Crippen molar-refractivity contribution in [3.8, 4) is 11.5 Å². The number of rotatable bonds is 11. The maximum Gasteiger partial charge on any atom is 0.337 e. The number of benzene rings is 2. The molecule has 0 aliphatic heterocycles. The molecule has 0 radical (unpaired) electrons. The summed E-state index contributed by atoms with van der Waals surface area (Å²) < 4.78 is 37.8. The third-order valence-electron chi connectivity index (χ3n) is 4.39. The second-order valence-corrected chi connectivity index (χ2v) is 8.89. The molecule has 3 N–H and O–H groups in total. The Morgan fingerprint density at radius 1 is 1.07 bits per heavy atom. The van der Waals surface area contributed by atoms with Crippen LogP contribution in [0.1, 0.15) is 29.8 Å². The minimum absolute atomic E-state index is 0.0778. The van der Waals surface area contributed by atoms with Crippen LogP contribution in [0.25, 0.3) is 0 Å². The first-order valence-electron chi connectivity index (χ1n) is 9.49. The van der Waals surface area contributed by atoms with Crippen LogP contribution in [0.2, 0.25) is 0 Å². The zero-order valence-electron chi connectivity index (χ0n) is 17.6. The predicted molar refractivity (Wildman–Crippen MR) is 115 cm³/mol. The zero-order chi connectivity index (χ0) is 22.3. The van der Waals surface area contributed by atoms with E-state index in [1.54, 1.807) is 20.3 Å². The van der Waals surface area contributed by atoms with Gasteiger partial charge in [-0.15, -0.1) is 0 Å². The van der Waals surface area contributed by atoms with Crippen molar-refractivity contribution in [1.29, 1.82) is 0 Å². The summed E-state index contributed by atoms with van der Waals surface area (Å²) in [6.45, 7) is 4.50. The average Bonchev–Trinajstić information content (AvgIpc) is 2.72. The van der Waals surface area contributed by atoms with Crippen LogP contribution in [0.5, 0.6) is 11.5 Å². The van der Waals surface area contributed by atoms with Gasteiger partial charge in [-0.25, -0.2) is 17.9 Å². The molecule has 0 saturated heterocycles. The predicted octanol–water partition coefficient (Wildman–Crippen LogP) is 2.99. The molecule has 2 aromatic rings. The van der Waals surface area contributed by atoms with Gasteiger partial charge in [-0.3, -0.25) is 0 Å². The number of anilines is 1. The van der Waals surface area contributed by atoms with Gasteiger partial charge in [0.2, 0.25) is 10.0 Å². The van der Waals surface area contributed by atoms with E-state index in [0.29, 0.717) is 30.2 Å². The number of aromatic carboxylic acids is 1. The molecular formula is C21H28N2O6S. The summed E-state index contributed by atoms with van der Waals surface area (Å²) in [5, 5.41) is 12.6. The summed E-state index contributed by atoms with van der Waals surface area (Å²) in [5.74, 6) is 0.177. The fourth-order valence-corrected chi connectivity index (χ4v) is 4.00. The number of hydrogen-bond acceptors (Lipinski definition) is 6. The molecule has 2 rings (SSSR count). The molecule has 0 fully saturated rings. The van der Waals surface area contributed by atoms with E-state index in [0.717, 1.165) is 5.56 Å². The van der Waals surface area contributed by atoms with Crippen LogP contribution < -0.4 is 19.5 Å². The number of ether oxygens (including phenoxy) is 2. The maximum atomic E-state index is 12.4. The van der Waals surface area contributed by atoms with Gasteiger partial charge in [-0.2, -0.15) is 0 Å². The Morgan fingerprint density at radius 3 is 2.37 bits per heavy atom. The van der Waals surface area contributed by atoms with Crippen LogP contribution in [0.15, 0.2) is 41.3 Å². The smallest absolute Gasteiger partial charge is 0.337 e. The standard InChI is InChI=1S/C21H28N2O6S/c1-14(2)13-23-30(26,27)16-6-7-18(17(12-16)21(24)25)22-10-9-15-5-8-19(28-3)20(11-15)29-4/h5-8,11-12,14,22-23H,9-10,13H2,1-4H3,(H,24,25). The highest BCUT2D eigenvalue weighted by Crippen LogP contribution is 2.28. The SMILES string of the molecule is COc1ccc(CCNc2ccc(S(=O)(=O)NCC(C)C)cc2C(=O)O)cc1OC. The molecule has 0 unspecified atom stereocenters. The third kappa shape index (κ3) is 6.11. The molecule has 2 aromatic carbocycles. The van der Waals surface area contributed by atoms with Gasteiger partial charge in [0.25, 0.3) is 0 Å². The van der Waals surface area contributed by atoms with Crippen LogP contribution in [0.3, 0.4) is 0 Å². The summed E-state index contributed by atoms with van der Waals surface area (Å²) in [6.07, 6.45) is 0.607. The van der Waals surface area contributed by atoms with Crippen LogP contribution >= 0.6 is 0 Å². The largest absolute Gasteiger partial charge is 0.493 e. The first-order chi connectivity index (χ1) is 14.2. The fraction of sp³-hybridized carbons (Fsp3) is 0.381. The third-order valence-corrected chi connectivity index (χ3v) is 5.81. The Bertz CT molecular complexity index is 989. The zero-order valence-corrected chi connectivity index (χ0v) is 18.4. The Kier molecular flexibility index (Phi) is 8.08. The first kappa shape index (κ1) is 23.5. The molecule has 30 heavy (non-hydrogen) atoms. The molecule has 8 nitrogen and oxygen atoms in total. The number of carbonyl (C=O) groups is 1. The average molecular weight is 437 g/mol. The molecule has 0 saturated carbocycles. The van der Waals surface area contributed by atoms with Crippen molar-refractivity contribution in [2.75, 3.05) is 32.6 Å². The highest BCUT2D eigenvalue weighted by atomic mass is 32.2. The molecule has 0 bridgehead atoms. The van der Waals surface area contributed by atoms with E-state index in [-0.39, 0.29) is 22.9 Å². The van der Waals surface area contributed by atoms with Gasteiger partial charge in [0.05, 0.1) is 24.7 Å². The van der Waals surface area contributed by atoms with Crippen LogP contribution in [0.4, 0.5) is 5.69 Å². The van der Waals surface area contributed by atoms with E-state index in [9.17, 15) is 18.3 Å². The Hall–Kier alpha value is -2.78. The van der Waals surface area contributed by atoms with Crippen molar-refractivity contribution in [2.45, 2.75) is 25.2 Å². The Balaban J connectivity index is 2.13. The Morgan fingerprint density at radius 2 is 1.77 bits per heavy atom. The van der Waals surface area contributed by atoms with Crippen molar-refractivity contribution in [1.82, 2.24) is 4.72 Å². The lowest BCUT2D eigenvalue weighted by Gasteiger charge is -2.14. The maximum absolute atomic E-state index is 12.4. The molecule has 0 heterocycles. The molecule has 164 valence electrons. The summed E-state index contributed by atoms with van der Waals surface area (Å²) in [7, 11) is -0.648. The van der Waals surface area contributed by atoms with Gasteiger partial charge in [0.15, 0.2) is 11.5 Å². The van der Waals surface area contributed by atoms with Gasteiger partial charge in [-0.1, -0.05) is 19.9 Å². The number of nitrogens with one attached hydrogen (secondary N) is 2. The molecule has 9 heteroatoms. The van der Waals surface area contributed by atoms with Gasteiger partial charge in [0, 0.05) is 18.8 Å².